The first-order valence-electron chi connectivity index (χ1n) is 4.30. The predicted octanol–water partition coefficient (Wildman–Crippen LogP) is 1.50. The third-order valence-corrected chi connectivity index (χ3v) is 1.66. The number of nitrogens with two attached hydrogens (primary N) is 1. The zero-order valence-corrected chi connectivity index (χ0v) is 8.24. The molecule has 0 aliphatic heterocycles. The minimum atomic E-state index is 0.274. The van der Waals surface area contributed by atoms with Crippen LogP contribution in [-0.4, -0.2) is 10.8 Å². The lowest BCUT2D eigenvalue weighted by Crippen LogP contribution is -2.18. The number of rotatable bonds is 3. The maximum absolute atomic E-state index is 5.65. The summed E-state index contributed by atoms with van der Waals surface area (Å²) in [5.41, 5.74) is 5.65. The highest BCUT2D eigenvalue weighted by atomic mass is 16.4. The van der Waals surface area contributed by atoms with Crippen LogP contribution in [0.2, 0.25) is 0 Å². The minimum Gasteiger partial charge on any atom is -0.444 e. The Bertz CT molecular complexity index is 302. The van der Waals surface area contributed by atoms with Gasteiger partial charge in [-0.1, -0.05) is 13.8 Å². The van der Waals surface area contributed by atoms with Crippen molar-refractivity contribution in [2.75, 3.05) is 0 Å². The number of aromatic nitrogens is 1. The second-order valence-electron chi connectivity index (χ2n) is 3.26. The fourth-order valence-electron chi connectivity index (χ4n) is 0.816. The molecule has 0 spiro atoms. The van der Waals surface area contributed by atoms with E-state index >= 15 is 0 Å². The summed E-state index contributed by atoms with van der Waals surface area (Å²) in [4.78, 5) is 8.16. The van der Waals surface area contributed by atoms with E-state index in [-0.39, 0.29) is 5.92 Å². The number of nitrogens with zero attached hydrogens (tertiary/aromatic N) is 2. The zero-order valence-electron chi connectivity index (χ0n) is 8.24. The van der Waals surface area contributed by atoms with Crippen molar-refractivity contribution in [1.29, 1.82) is 0 Å². The molecular formula is C9H15N3O. The summed E-state index contributed by atoms with van der Waals surface area (Å²) < 4.78 is 5.24. The highest BCUT2D eigenvalue weighted by Crippen LogP contribution is 2.03. The predicted molar refractivity (Wildman–Crippen MR) is 51.4 cm³/mol. The first kappa shape index (κ1) is 9.77. The van der Waals surface area contributed by atoms with Crippen LogP contribution in [-0.2, 0) is 6.54 Å². The van der Waals surface area contributed by atoms with Crippen LogP contribution in [0, 0.1) is 12.8 Å². The highest BCUT2D eigenvalue weighted by Gasteiger charge is 2.01. The summed E-state index contributed by atoms with van der Waals surface area (Å²) in [6, 6.07) is 0. The van der Waals surface area contributed by atoms with Crippen molar-refractivity contribution in [2.45, 2.75) is 27.3 Å². The largest absolute Gasteiger partial charge is 0.444 e. The maximum Gasteiger partial charge on any atom is 0.216 e. The van der Waals surface area contributed by atoms with Crippen molar-refractivity contribution in [3.05, 3.63) is 17.8 Å². The van der Waals surface area contributed by atoms with E-state index in [0.717, 1.165) is 5.76 Å². The van der Waals surface area contributed by atoms with E-state index in [2.05, 4.69) is 9.98 Å². The van der Waals surface area contributed by atoms with Gasteiger partial charge >= 0.3 is 0 Å². The lowest BCUT2D eigenvalue weighted by atomic mass is 10.2. The molecule has 13 heavy (non-hydrogen) atoms. The third-order valence-electron chi connectivity index (χ3n) is 1.66. The number of hydrogen-bond donors (Lipinski definition) is 1. The molecule has 0 atom stereocenters. The van der Waals surface area contributed by atoms with Crippen LogP contribution in [0.3, 0.4) is 0 Å². The molecule has 0 saturated heterocycles. The van der Waals surface area contributed by atoms with Gasteiger partial charge < -0.3 is 10.2 Å². The van der Waals surface area contributed by atoms with Gasteiger partial charge in [-0.3, -0.25) is 4.99 Å². The van der Waals surface area contributed by atoms with Gasteiger partial charge in [0.1, 0.15) is 12.3 Å². The second kappa shape index (κ2) is 4.07. The molecule has 0 bridgehead atoms. The van der Waals surface area contributed by atoms with Crippen molar-refractivity contribution in [3.8, 4) is 0 Å². The molecule has 1 aromatic rings. The Kier molecular flexibility index (Phi) is 3.06. The molecule has 0 unspecified atom stereocenters. The Morgan fingerprint density at radius 1 is 1.69 bits per heavy atom. The Morgan fingerprint density at radius 3 is 2.85 bits per heavy atom. The van der Waals surface area contributed by atoms with Gasteiger partial charge in [-0.2, -0.15) is 0 Å². The van der Waals surface area contributed by atoms with E-state index in [0.29, 0.717) is 18.3 Å². The number of aryl methyl sites for hydroxylation is 1. The quantitative estimate of drug-likeness (QED) is 0.567. The van der Waals surface area contributed by atoms with E-state index in [1.807, 2.05) is 20.8 Å². The molecule has 0 aliphatic rings. The van der Waals surface area contributed by atoms with Crippen LogP contribution >= 0.6 is 0 Å². The molecule has 0 fully saturated rings. The first-order valence-corrected chi connectivity index (χ1v) is 4.30. The summed E-state index contributed by atoms with van der Waals surface area (Å²) in [6.45, 7) is 6.28. The van der Waals surface area contributed by atoms with Crippen molar-refractivity contribution in [3.63, 3.8) is 0 Å². The van der Waals surface area contributed by atoms with E-state index in [4.69, 9.17) is 10.2 Å². The van der Waals surface area contributed by atoms with E-state index < -0.39 is 0 Å². The van der Waals surface area contributed by atoms with Crippen molar-refractivity contribution in [1.82, 2.24) is 4.98 Å². The summed E-state index contributed by atoms with van der Waals surface area (Å²) in [5, 5.41) is 0. The van der Waals surface area contributed by atoms with Gasteiger partial charge in [0.15, 0.2) is 0 Å². The van der Waals surface area contributed by atoms with Gasteiger partial charge in [-0.15, -0.1) is 0 Å². The molecule has 0 saturated carbocycles. The van der Waals surface area contributed by atoms with Crippen LogP contribution in [0.4, 0.5) is 0 Å². The van der Waals surface area contributed by atoms with Gasteiger partial charge in [0, 0.05) is 5.92 Å². The van der Waals surface area contributed by atoms with Crippen molar-refractivity contribution < 1.29 is 4.42 Å². The first-order chi connectivity index (χ1) is 6.09. The normalized spacial score (nSPS) is 12.5. The molecule has 2 N–H and O–H groups in total. The molecule has 0 aromatic carbocycles. The highest BCUT2D eigenvalue weighted by molar-refractivity contribution is 5.82. The van der Waals surface area contributed by atoms with E-state index in [1.165, 1.54) is 0 Å². The van der Waals surface area contributed by atoms with Crippen molar-refractivity contribution >= 4 is 5.84 Å². The van der Waals surface area contributed by atoms with Crippen LogP contribution in [0.15, 0.2) is 15.6 Å². The summed E-state index contributed by atoms with van der Waals surface area (Å²) in [6.07, 6.45) is 1.68. The molecule has 72 valence electrons. The van der Waals surface area contributed by atoms with Gasteiger partial charge in [0.2, 0.25) is 5.89 Å². The van der Waals surface area contributed by atoms with Crippen LogP contribution in [0.1, 0.15) is 25.5 Å². The number of aliphatic imine (C=N–C) groups is 1. The van der Waals surface area contributed by atoms with Gasteiger partial charge in [-0.05, 0) is 6.92 Å². The van der Waals surface area contributed by atoms with Gasteiger partial charge in [0.05, 0.1) is 12.0 Å². The third kappa shape index (κ3) is 2.89. The number of amidine groups is 1. The topological polar surface area (TPSA) is 64.4 Å². The molecule has 1 rings (SSSR count). The Labute approximate surface area is 77.9 Å². The Balaban J connectivity index is 2.56. The van der Waals surface area contributed by atoms with Crippen molar-refractivity contribution in [2.24, 2.45) is 16.6 Å². The Hall–Kier alpha value is -1.32. The van der Waals surface area contributed by atoms with Gasteiger partial charge in [0.25, 0.3) is 0 Å². The second-order valence-corrected chi connectivity index (χ2v) is 3.26. The van der Waals surface area contributed by atoms with E-state index in [1.54, 1.807) is 6.20 Å². The summed E-state index contributed by atoms with van der Waals surface area (Å²) in [7, 11) is 0. The SMILES string of the molecule is Cc1cnc(CN=C(N)C(C)C)o1. The summed E-state index contributed by atoms with van der Waals surface area (Å²) >= 11 is 0. The molecule has 0 aliphatic carbocycles. The molecule has 0 radical (unpaired) electrons. The maximum atomic E-state index is 5.65. The molecule has 4 nitrogen and oxygen atoms in total. The van der Waals surface area contributed by atoms with Crippen LogP contribution in [0.25, 0.3) is 0 Å². The molecular weight excluding hydrogens is 166 g/mol. The fraction of sp³-hybridized carbons (Fsp3) is 0.556. The molecule has 0 amide bonds. The van der Waals surface area contributed by atoms with Crippen LogP contribution < -0.4 is 5.73 Å². The van der Waals surface area contributed by atoms with Crippen LogP contribution in [0.5, 0.6) is 0 Å². The Morgan fingerprint density at radius 2 is 2.38 bits per heavy atom. The molecule has 1 heterocycles. The smallest absolute Gasteiger partial charge is 0.216 e. The number of oxazole rings is 1. The standard InChI is InChI=1S/C9H15N3O/c1-6(2)9(10)12-5-8-11-4-7(3)13-8/h4,6H,5H2,1-3H3,(H2,10,12). The lowest BCUT2D eigenvalue weighted by Gasteiger charge is -2.01. The average molecular weight is 181 g/mol. The zero-order chi connectivity index (χ0) is 9.84. The van der Waals surface area contributed by atoms with E-state index in [9.17, 15) is 0 Å². The molecule has 4 heteroatoms. The summed E-state index contributed by atoms with van der Waals surface area (Å²) in [5.74, 6) is 2.32. The minimum absolute atomic E-state index is 0.274. The monoisotopic (exact) mass is 181 g/mol. The number of hydrogen-bond acceptors (Lipinski definition) is 3. The van der Waals surface area contributed by atoms with Gasteiger partial charge in [-0.25, -0.2) is 4.98 Å². The average Bonchev–Trinajstić information content (AvgIpc) is 2.47. The lowest BCUT2D eigenvalue weighted by molar-refractivity contribution is 0.473. The fourth-order valence-corrected chi connectivity index (χ4v) is 0.816. The molecule has 1 aromatic heterocycles.